The Morgan fingerprint density at radius 2 is 1.81 bits per heavy atom. The molecule has 2 aromatic heterocycles. The lowest BCUT2D eigenvalue weighted by molar-refractivity contribution is -0.137. The van der Waals surface area contributed by atoms with Gasteiger partial charge in [-0.1, -0.05) is 36.0 Å². The van der Waals surface area contributed by atoms with Crippen molar-refractivity contribution in [1.29, 1.82) is 0 Å². The van der Waals surface area contributed by atoms with Gasteiger partial charge in [0.2, 0.25) is 0 Å². The molecule has 1 aliphatic carbocycles. The van der Waals surface area contributed by atoms with Gasteiger partial charge in [0, 0.05) is 22.7 Å². The van der Waals surface area contributed by atoms with E-state index in [0.717, 1.165) is 30.7 Å². The summed E-state index contributed by atoms with van der Waals surface area (Å²) in [6.45, 7) is 0. The van der Waals surface area contributed by atoms with Crippen molar-refractivity contribution in [1.82, 2.24) is 14.5 Å². The highest BCUT2D eigenvalue weighted by Gasteiger charge is 2.30. The summed E-state index contributed by atoms with van der Waals surface area (Å²) in [6, 6.07) is 12.6. The molecule has 31 heavy (non-hydrogen) atoms. The number of fused-ring (bicyclic) bond motifs is 1. The molecule has 5 rings (SSSR count). The van der Waals surface area contributed by atoms with E-state index in [-0.39, 0.29) is 11.6 Å². The van der Waals surface area contributed by atoms with Gasteiger partial charge in [-0.2, -0.15) is 13.2 Å². The number of rotatable bonds is 5. The van der Waals surface area contributed by atoms with Gasteiger partial charge in [0.15, 0.2) is 5.16 Å². The fourth-order valence-corrected chi connectivity index (χ4v) is 5.22. The molecule has 0 bridgehead atoms. The molecule has 1 fully saturated rings. The summed E-state index contributed by atoms with van der Waals surface area (Å²) in [5, 5.41) is 3.85. The molecule has 0 N–H and O–H groups in total. The second kappa shape index (κ2) is 7.80. The minimum absolute atomic E-state index is 0.0145. The smallest absolute Gasteiger partial charge is 0.284 e. The van der Waals surface area contributed by atoms with Gasteiger partial charge >= 0.3 is 6.18 Å². The Labute approximate surface area is 183 Å². The molecule has 0 saturated heterocycles. The van der Waals surface area contributed by atoms with Crippen LogP contribution in [0.2, 0.25) is 0 Å². The Kier molecular flexibility index (Phi) is 5.10. The predicted octanol–water partition coefficient (Wildman–Crippen LogP) is 6.17. The SMILES string of the molecule is O=c1c2ccccc2nc(SCc2csc(-c3ccc(C(F)(F)F)cc3)n2)n1C1CC1. The number of nitrogens with zero attached hydrogens (tertiary/aromatic N) is 3. The number of hydrogen-bond donors (Lipinski definition) is 0. The van der Waals surface area contributed by atoms with E-state index in [1.165, 1.54) is 35.2 Å². The van der Waals surface area contributed by atoms with Crippen LogP contribution in [0.15, 0.2) is 63.9 Å². The molecule has 0 amide bonds. The third-order valence-electron chi connectivity index (χ3n) is 5.05. The first kappa shape index (κ1) is 20.3. The Balaban J connectivity index is 1.38. The molecule has 0 unspecified atom stereocenters. The fraction of sp³-hybridized carbons (Fsp3) is 0.227. The second-order valence-corrected chi connectivity index (χ2v) is 9.13. The van der Waals surface area contributed by atoms with Gasteiger partial charge in [0.25, 0.3) is 5.56 Å². The van der Waals surface area contributed by atoms with Crippen LogP contribution in [0.1, 0.15) is 30.1 Å². The Bertz CT molecular complexity index is 1310. The van der Waals surface area contributed by atoms with Crippen molar-refractivity contribution in [3.8, 4) is 10.6 Å². The van der Waals surface area contributed by atoms with Gasteiger partial charge in [-0.3, -0.25) is 9.36 Å². The van der Waals surface area contributed by atoms with Crippen molar-refractivity contribution in [2.45, 2.75) is 36.0 Å². The molecule has 0 aliphatic heterocycles. The van der Waals surface area contributed by atoms with Crippen LogP contribution in [0.25, 0.3) is 21.5 Å². The van der Waals surface area contributed by atoms with Gasteiger partial charge < -0.3 is 0 Å². The highest BCUT2D eigenvalue weighted by atomic mass is 32.2. The molecular weight excluding hydrogens is 443 g/mol. The van der Waals surface area contributed by atoms with E-state index >= 15 is 0 Å². The average molecular weight is 460 g/mol. The third-order valence-corrected chi connectivity index (χ3v) is 6.97. The zero-order valence-electron chi connectivity index (χ0n) is 16.1. The number of thiazole rings is 1. The molecule has 0 atom stereocenters. The maximum absolute atomic E-state index is 12.9. The molecule has 158 valence electrons. The quantitative estimate of drug-likeness (QED) is 0.265. The maximum Gasteiger partial charge on any atom is 0.416 e. The lowest BCUT2D eigenvalue weighted by Gasteiger charge is -2.11. The molecule has 1 saturated carbocycles. The van der Waals surface area contributed by atoms with Crippen molar-refractivity contribution >= 4 is 34.0 Å². The summed E-state index contributed by atoms with van der Waals surface area (Å²) >= 11 is 2.84. The number of para-hydroxylation sites is 1. The van der Waals surface area contributed by atoms with Gasteiger partial charge in [-0.25, -0.2) is 9.97 Å². The largest absolute Gasteiger partial charge is 0.416 e. The summed E-state index contributed by atoms with van der Waals surface area (Å²) in [7, 11) is 0. The zero-order valence-corrected chi connectivity index (χ0v) is 17.7. The molecule has 9 heteroatoms. The van der Waals surface area contributed by atoms with Crippen molar-refractivity contribution in [2.75, 3.05) is 0 Å². The number of hydrogen-bond acceptors (Lipinski definition) is 5. The first-order valence-corrected chi connectivity index (χ1v) is 11.5. The van der Waals surface area contributed by atoms with Crippen molar-refractivity contribution in [3.05, 3.63) is 75.5 Å². The minimum Gasteiger partial charge on any atom is -0.284 e. The topological polar surface area (TPSA) is 47.8 Å². The first-order chi connectivity index (χ1) is 14.9. The summed E-state index contributed by atoms with van der Waals surface area (Å²) in [6.07, 6.45) is -2.40. The monoisotopic (exact) mass is 459 g/mol. The predicted molar refractivity (Wildman–Crippen MR) is 116 cm³/mol. The number of benzene rings is 2. The van der Waals surface area contributed by atoms with E-state index in [2.05, 4.69) is 4.98 Å². The normalized spacial score (nSPS) is 14.3. The van der Waals surface area contributed by atoms with E-state index in [1.54, 1.807) is 10.6 Å². The molecule has 4 nitrogen and oxygen atoms in total. The van der Waals surface area contributed by atoms with E-state index in [0.29, 0.717) is 32.4 Å². The van der Waals surface area contributed by atoms with Crippen LogP contribution in [0, 0.1) is 0 Å². The summed E-state index contributed by atoms with van der Waals surface area (Å²) < 4.78 is 40.1. The molecule has 0 radical (unpaired) electrons. The molecule has 4 aromatic rings. The van der Waals surface area contributed by atoms with Gasteiger partial charge in [0.1, 0.15) is 5.01 Å². The standard InChI is InChI=1S/C22H16F3N3OS2/c23-22(24,25)14-7-5-13(6-8-14)19-26-15(11-30-19)12-31-21-27-18-4-2-1-3-17(18)20(29)28(21)16-9-10-16/h1-8,11,16H,9-10,12H2. The highest BCUT2D eigenvalue weighted by Crippen LogP contribution is 2.38. The van der Waals surface area contributed by atoms with E-state index in [9.17, 15) is 18.0 Å². The van der Waals surface area contributed by atoms with Crippen LogP contribution in [0.4, 0.5) is 13.2 Å². The Morgan fingerprint density at radius 3 is 2.52 bits per heavy atom. The lowest BCUT2D eigenvalue weighted by Crippen LogP contribution is -2.22. The third kappa shape index (κ3) is 4.12. The van der Waals surface area contributed by atoms with Crippen molar-refractivity contribution in [3.63, 3.8) is 0 Å². The average Bonchev–Trinajstić information content (AvgIpc) is 3.48. The number of alkyl halides is 3. The number of aromatic nitrogens is 3. The lowest BCUT2D eigenvalue weighted by atomic mass is 10.1. The molecule has 2 heterocycles. The Hall–Kier alpha value is -2.65. The van der Waals surface area contributed by atoms with Crippen LogP contribution in [-0.4, -0.2) is 14.5 Å². The summed E-state index contributed by atoms with van der Waals surface area (Å²) in [5.41, 5.74) is 1.43. The van der Waals surface area contributed by atoms with E-state index < -0.39 is 11.7 Å². The van der Waals surface area contributed by atoms with E-state index in [1.807, 2.05) is 23.6 Å². The van der Waals surface area contributed by atoms with Crippen LogP contribution in [0.3, 0.4) is 0 Å². The van der Waals surface area contributed by atoms with Crippen LogP contribution in [0.5, 0.6) is 0 Å². The molecule has 1 aliphatic rings. The summed E-state index contributed by atoms with van der Waals surface area (Å²) in [4.78, 5) is 22.2. The zero-order chi connectivity index (χ0) is 21.6. The van der Waals surface area contributed by atoms with Crippen LogP contribution in [-0.2, 0) is 11.9 Å². The van der Waals surface area contributed by atoms with Crippen molar-refractivity contribution in [2.24, 2.45) is 0 Å². The van der Waals surface area contributed by atoms with Gasteiger partial charge in [-0.05, 0) is 37.1 Å². The maximum atomic E-state index is 12.9. The van der Waals surface area contributed by atoms with Gasteiger partial charge in [-0.15, -0.1) is 11.3 Å². The first-order valence-electron chi connectivity index (χ1n) is 9.66. The molecule has 0 spiro atoms. The van der Waals surface area contributed by atoms with Crippen LogP contribution < -0.4 is 5.56 Å². The Morgan fingerprint density at radius 1 is 1.06 bits per heavy atom. The minimum atomic E-state index is -4.35. The summed E-state index contributed by atoms with van der Waals surface area (Å²) in [5.74, 6) is 0.522. The van der Waals surface area contributed by atoms with Crippen molar-refractivity contribution < 1.29 is 13.2 Å². The fourth-order valence-electron chi connectivity index (χ4n) is 3.33. The highest BCUT2D eigenvalue weighted by molar-refractivity contribution is 7.98. The van der Waals surface area contributed by atoms with Gasteiger partial charge in [0.05, 0.1) is 22.2 Å². The number of halogens is 3. The van der Waals surface area contributed by atoms with Crippen LogP contribution >= 0.6 is 23.1 Å². The van der Waals surface area contributed by atoms with E-state index in [4.69, 9.17) is 4.98 Å². The number of thioether (sulfide) groups is 1. The molecule has 2 aromatic carbocycles. The molecular formula is C22H16F3N3OS2. The second-order valence-electron chi connectivity index (χ2n) is 7.33.